The lowest BCUT2D eigenvalue weighted by Gasteiger charge is -2.38. The molecule has 0 bridgehead atoms. The zero-order valence-electron chi connectivity index (χ0n) is 28.2. The fourth-order valence-corrected chi connectivity index (χ4v) is 8.03. The quantitative estimate of drug-likeness (QED) is 0.210. The molecule has 1 aliphatic carbocycles. The standard InChI is InChI=1S/C39H39F2N5O5/c1-3-26-30(40)7-5-23-17-25(47)18-28(33(23)26)35-34(41)36-29(19-42-35)37(46-13-16-50-21-24(20-46)43-32(48)4-2)27-6-8-31(51-38(27)44-36)39(9-10-39)22-45-11-14-49-15-12-45/h1,4-5,7,17-19,24,31,47H,2,6,8-16,20-22H2,(H,43,48)/t24-,31-/m1/s1. The molecule has 3 aliphatic heterocycles. The Morgan fingerprint density at radius 1 is 1.18 bits per heavy atom. The second-order valence-corrected chi connectivity index (χ2v) is 13.9. The number of aromatic hydroxyl groups is 1. The van der Waals surface area contributed by atoms with E-state index in [-0.39, 0.29) is 56.9 Å². The number of pyridine rings is 2. The van der Waals surface area contributed by atoms with Crippen molar-refractivity contribution in [1.82, 2.24) is 20.2 Å². The lowest BCUT2D eigenvalue weighted by atomic mass is 9.89. The highest BCUT2D eigenvalue weighted by molar-refractivity contribution is 6.03. The number of benzene rings is 2. The van der Waals surface area contributed by atoms with E-state index in [0.717, 1.165) is 63.4 Å². The largest absolute Gasteiger partial charge is 0.508 e. The van der Waals surface area contributed by atoms with Gasteiger partial charge in [-0.15, -0.1) is 6.42 Å². The summed E-state index contributed by atoms with van der Waals surface area (Å²) in [7, 11) is 0. The number of amides is 1. The van der Waals surface area contributed by atoms with Crippen LogP contribution in [0.4, 0.5) is 14.5 Å². The smallest absolute Gasteiger partial charge is 0.243 e. The van der Waals surface area contributed by atoms with Gasteiger partial charge < -0.3 is 29.5 Å². The Morgan fingerprint density at radius 2 is 1.98 bits per heavy atom. The maximum atomic E-state index is 17.2. The van der Waals surface area contributed by atoms with Crippen LogP contribution in [-0.2, 0) is 20.7 Å². The maximum absolute atomic E-state index is 17.2. The van der Waals surface area contributed by atoms with Gasteiger partial charge in [0, 0.05) is 66.2 Å². The van der Waals surface area contributed by atoms with Crippen LogP contribution in [0.15, 0.2) is 43.1 Å². The van der Waals surface area contributed by atoms with Crippen molar-refractivity contribution in [2.75, 3.05) is 64.1 Å². The van der Waals surface area contributed by atoms with Crippen LogP contribution in [0.25, 0.3) is 32.9 Å². The number of fused-ring (bicyclic) bond motifs is 3. The van der Waals surface area contributed by atoms with Gasteiger partial charge in [0.25, 0.3) is 0 Å². The van der Waals surface area contributed by atoms with Gasteiger partial charge in [-0.3, -0.25) is 14.7 Å². The van der Waals surface area contributed by atoms with Gasteiger partial charge in [-0.1, -0.05) is 18.6 Å². The molecule has 10 nitrogen and oxygen atoms in total. The number of rotatable bonds is 7. The number of aromatic nitrogens is 2. The number of hydrogen-bond donors (Lipinski definition) is 2. The summed E-state index contributed by atoms with van der Waals surface area (Å²) in [6.07, 6.45) is 11.9. The number of carbonyl (C=O) groups excluding carboxylic acids is 1. The van der Waals surface area contributed by atoms with Crippen LogP contribution in [0, 0.1) is 29.4 Å². The molecule has 8 rings (SSSR count). The molecule has 0 unspecified atom stereocenters. The molecule has 3 fully saturated rings. The third-order valence-corrected chi connectivity index (χ3v) is 10.7. The first kappa shape index (κ1) is 33.3. The number of phenolic OH excluding ortho intramolecular Hbond substituents is 1. The molecule has 2 N–H and O–H groups in total. The number of terminal acetylenes is 1. The Bertz CT molecular complexity index is 2090. The van der Waals surface area contributed by atoms with E-state index in [1.54, 1.807) is 6.20 Å². The van der Waals surface area contributed by atoms with Crippen molar-refractivity contribution in [3.8, 4) is 35.2 Å². The number of carbonyl (C=O) groups is 1. The summed E-state index contributed by atoms with van der Waals surface area (Å²) in [5, 5.41) is 14.8. The van der Waals surface area contributed by atoms with Crippen LogP contribution in [0.3, 0.4) is 0 Å². The van der Waals surface area contributed by atoms with Gasteiger partial charge in [0.05, 0.1) is 43.7 Å². The van der Waals surface area contributed by atoms with Crippen molar-refractivity contribution in [3.63, 3.8) is 0 Å². The average molecular weight is 696 g/mol. The molecule has 0 radical (unpaired) electrons. The Balaban J connectivity index is 1.27. The lowest BCUT2D eigenvalue weighted by Crippen LogP contribution is -2.46. The molecule has 51 heavy (non-hydrogen) atoms. The highest BCUT2D eigenvalue weighted by Gasteiger charge is 2.53. The number of nitrogens with one attached hydrogen (secondary N) is 1. The van der Waals surface area contributed by atoms with E-state index in [2.05, 4.69) is 32.6 Å². The van der Waals surface area contributed by atoms with Crippen LogP contribution in [-0.4, -0.2) is 97.2 Å². The van der Waals surface area contributed by atoms with Crippen LogP contribution in [0.1, 0.15) is 30.4 Å². The van der Waals surface area contributed by atoms with Gasteiger partial charge in [0.2, 0.25) is 11.8 Å². The molecule has 2 aromatic heterocycles. The predicted octanol–water partition coefficient (Wildman–Crippen LogP) is 4.73. The maximum Gasteiger partial charge on any atom is 0.243 e. The zero-order valence-corrected chi connectivity index (χ0v) is 28.2. The first-order valence-corrected chi connectivity index (χ1v) is 17.4. The van der Waals surface area contributed by atoms with Crippen molar-refractivity contribution in [2.45, 2.75) is 37.8 Å². The summed E-state index contributed by atoms with van der Waals surface area (Å²) >= 11 is 0. The molecule has 264 valence electrons. The molecular formula is C39H39F2N5O5. The Hall–Kier alpha value is -4.83. The Morgan fingerprint density at radius 3 is 2.75 bits per heavy atom. The van der Waals surface area contributed by atoms with E-state index in [0.29, 0.717) is 49.4 Å². The number of halogens is 2. The van der Waals surface area contributed by atoms with Gasteiger partial charge in [-0.25, -0.2) is 13.8 Å². The van der Waals surface area contributed by atoms with Crippen molar-refractivity contribution in [3.05, 3.63) is 65.9 Å². The fourth-order valence-electron chi connectivity index (χ4n) is 8.03. The van der Waals surface area contributed by atoms with E-state index in [4.69, 9.17) is 25.6 Å². The first-order valence-electron chi connectivity index (χ1n) is 17.4. The number of anilines is 1. The summed E-state index contributed by atoms with van der Waals surface area (Å²) < 4.78 is 50.4. The first-order chi connectivity index (χ1) is 24.8. The molecule has 5 heterocycles. The molecule has 1 amide bonds. The molecule has 1 saturated carbocycles. The second kappa shape index (κ2) is 13.4. The molecule has 2 aromatic carbocycles. The number of morpholine rings is 1. The van der Waals surface area contributed by atoms with Gasteiger partial charge >= 0.3 is 0 Å². The lowest BCUT2D eigenvalue weighted by molar-refractivity contribution is -0.117. The predicted molar refractivity (Wildman–Crippen MR) is 189 cm³/mol. The van der Waals surface area contributed by atoms with Crippen LogP contribution < -0.4 is 15.0 Å². The minimum Gasteiger partial charge on any atom is -0.508 e. The summed E-state index contributed by atoms with van der Waals surface area (Å²) in [5.74, 6) is 0.907. The minimum absolute atomic E-state index is 0.0134. The monoisotopic (exact) mass is 695 g/mol. The molecule has 2 saturated heterocycles. The topological polar surface area (TPSA) is 109 Å². The van der Waals surface area contributed by atoms with Gasteiger partial charge in [0.1, 0.15) is 28.9 Å². The third-order valence-electron chi connectivity index (χ3n) is 10.7. The summed E-state index contributed by atoms with van der Waals surface area (Å²) in [4.78, 5) is 26.3. The highest BCUT2D eigenvalue weighted by Crippen LogP contribution is 2.54. The van der Waals surface area contributed by atoms with E-state index in [9.17, 15) is 14.3 Å². The van der Waals surface area contributed by atoms with Crippen molar-refractivity contribution in [2.24, 2.45) is 5.41 Å². The molecule has 12 heteroatoms. The van der Waals surface area contributed by atoms with Gasteiger partial charge in [-0.05, 0) is 55.3 Å². The third kappa shape index (κ3) is 6.13. The Labute approximate surface area is 294 Å². The number of phenols is 1. The Kier molecular flexibility index (Phi) is 8.74. The van der Waals surface area contributed by atoms with E-state index in [1.165, 1.54) is 30.3 Å². The second-order valence-electron chi connectivity index (χ2n) is 13.9. The average Bonchev–Trinajstić information content (AvgIpc) is 3.95. The van der Waals surface area contributed by atoms with E-state index < -0.39 is 11.6 Å². The number of hydrogen-bond acceptors (Lipinski definition) is 9. The van der Waals surface area contributed by atoms with E-state index in [1.807, 2.05) is 0 Å². The summed E-state index contributed by atoms with van der Waals surface area (Å²) in [5.41, 5.74) is 1.56. The molecule has 0 spiro atoms. The summed E-state index contributed by atoms with van der Waals surface area (Å²) in [6, 6.07) is 5.15. The van der Waals surface area contributed by atoms with Crippen molar-refractivity contribution >= 4 is 33.3 Å². The number of nitrogens with zero attached hydrogens (tertiary/aromatic N) is 4. The highest BCUT2D eigenvalue weighted by atomic mass is 19.1. The molecule has 4 aliphatic rings. The van der Waals surface area contributed by atoms with Crippen LogP contribution >= 0.6 is 0 Å². The summed E-state index contributed by atoms with van der Waals surface area (Å²) in [6.45, 7) is 9.24. The van der Waals surface area contributed by atoms with Crippen molar-refractivity contribution in [1.29, 1.82) is 0 Å². The SMILES string of the molecule is C#Cc1c(F)ccc2cc(O)cc(-c3ncc4c(N5CCOC[C@H](NC(=O)C=C)C5)c5c(nc4c3F)O[C@@H](C3(CN4CCOCC4)CC3)CC5)c12. The normalized spacial score (nSPS) is 21.7. The number of ether oxygens (including phenoxy) is 3. The van der Waals surface area contributed by atoms with Gasteiger partial charge in [0.15, 0.2) is 5.82 Å². The fraction of sp³-hybridized carbons (Fsp3) is 0.410. The van der Waals surface area contributed by atoms with Gasteiger partial charge in [-0.2, -0.15) is 0 Å². The zero-order chi connectivity index (χ0) is 35.3. The van der Waals surface area contributed by atoms with Crippen LogP contribution in [0.5, 0.6) is 11.6 Å². The molecule has 2 atom stereocenters. The molecule has 4 aromatic rings. The van der Waals surface area contributed by atoms with Crippen LogP contribution in [0.2, 0.25) is 0 Å². The molecular weight excluding hydrogens is 656 g/mol. The van der Waals surface area contributed by atoms with E-state index >= 15 is 4.39 Å². The minimum atomic E-state index is -0.751. The van der Waals surface area contributed by atoms with Crippen molar-refractivity contribution < 1.29 is 32.9 Å².